The highest BCUT2D eigenvalue weighted by Crippen LogP contribution is 2.25. The molecule has 0 aliphatic heterocycles. The Morgan fingerprint density at radius 3 is 1.50 bits per heavy atom. The van der Waals surface area contributed by atoms with Crippen LogP contribution in [0.5, 0.6) is 0 Å². The largest absolute Gasteiger partial charge is 0.462 e. The predicted octanol–water partition coefficient (Wildman–Crippen LogP) is 4.38. The molecular weight excluding hydrogens is 351 g/mol. The average molecular weight is 375 g/mol. The Morgan fingerprint density at radius 2 is 1.21 bits per heavy atom. The molecule has 0 aromatic heterocycles. The lowest BCUT2D eigenvalue weighted by molar-refractivity contribution is 0.0476. The Labute approximate surface area is 153 Å². The smallest absolute Gasteiger partial charge is 0.339 e. The zero-order valence-electron chi connectivity index (χ0n) is 14.2. The van der Waals surface area contributed by atoms with Gasteiger partial charge in [0.15, 0.2) is 0 Å². The van der Waals surface area contributed by atoms with Crippen molar-refractivity contribution in [2.24, 2.45) is 0 Å². The number of rotatable bonds is 10. The van der Waals surface area contributed by atoms with Crippen LogP contribution >= 0.6 is 23.2 Å². The summed E-state index contributed by atoms with van der Waals surface area (Å²) in [6, 6.07) is 3.73. The first-order chi connectivity index (χ1) is 11.6. The summed E-state index contributed by atoms with van der Waals surface area (Å²) in [6.45, 7) is 3.94. The third kappa shape index (κ3) is 5.67. The monoisotopic (exact) mass is 374 g/mol. The zero-order valence-corrected chi connectivity index (χ0v) is 15.7. The third-order valence-electron chi connectivity index (χ3n) is 3.50. The zero-order chi connectivity index (χ0) is 17.9. The summed E-state index contributed by atoms with van der Waals surface area (Å²) in [7, 11) is 0. The standard InChI is InChI=1S/C18H24Cl2O4/c1-3-23-17(21)15-13(7-5-11-19)9-10-14(8-6-12-20)16(15)18(22)24-4-2/h9-10H,3-8,11-12H2,1-2H3. The minimum absolute atomic E-state index is 0.238. The van der Waals surface area contributed by atoms with Crippen LogP contribution in [-0.4, -0.2) is 36.9 Å². The van der Waals surface area contributed by atoms with Crippen LogP contribution in [0.15, 0.2) is 12.1 Å². The fraction of sp³-hybridized carbons (Fsp3) is 0.556. The van der Waals surface area contributed by atoms with Gasteiger partial charge in [0, 0.05) is 11.8 Å². The predicted molar refractivity (Wildman–Crippen MR) is 96.4 cm³/mol. The molecule has 6 heteroatoms. The fourth-order valence-corrected chi connectivity index (χ4v) is 2.76. The number of carbonyl (C=O) groups excluding carboxylic acids is 2. The van der Waals surface area contributed by atoms with Gasteiger partial charge in [-0.25, -0.2) is 9.59 Å². The van der Waals surface area contributed by atoms with Crippen molar-refractivity contribution < 1.29 is 19.1 Å². The van der Waals surface area contributed by atoms with Crippen molar-refractivity contribution in [3.63, 3.8) is 0 Å². The minimum atomic E-state index is -0.502. The molecule has 1 rings (SSSR count). The van der Waals surface area contributed by atoms with Gasteiger partial charge in [-0.15, -0.1) is 23.2 Å². The van der Waals surface area contributed by atoms with E-state index in [0.29, 0.717) is 48.6 Å². The quantitative estimate of drug-likeness (QED) is 0.450. The maximum absolute atomic E-state index is 12.5. The Balaban J connectivity index is 3.44. The molecule has 0 unspecified atom stereocenters. The van der Waals surface area contributed by atoms with Gasteiger partial charge in [0.2, 0.25) is 0 Å². The number of benzene rings is 1. The second kappa shape index (κ2) is 11.3. The van der Waals surface area contributed by atoms with E-state index in [4.69, 9.17) is 32.7 Å². The van der Waals surface area contributed by atoms with Crippen molar-refractivity contribution in [2.75, 3.05) is 25.0 Å². The van der Waals surface area contributed by atoms with E-state index < -0.39 is 11.9 Å². The molecule has 0 fully saturated rings. The second-order valence-electron chi connectivity index (χ2n) is 5.16. The number of alkyl halides is 2. The molecule has 0 bridgehead atoms. The van der Waals surface area contributed by atoms with Crippen LogP contribution in [0.1, 0.15) is 58.5 Å². The summed E-state index contributed by atoms with van der Waals surface area (Å²) in [5.41, 5.74) is 2.11. The van der Waals surface area contributed by atoms with Crippen molar-refractivity contribution in [3.8, 4) is 0 Å². The van der Waals surface area contributed by atoms with Gasteiger partial charge in [-0.05, 0) is 50.7 Å². The Bertz CT molecular complexity index is 509. The molecule has 0 amide bonds. The van der Waals surface area contributed by atoms with Gasteiger partial charge in [-0.3, -0.25) is 0 Å². The van der Waals surface area contributed by atoms with Gasteiger partial charge >= 0.3 is 11.9 Å². The maximum atomic E-state index is 12.5. The second-order valence-corrected chi connectivity index (χ2v) is 5.92. The highest BCUT2D eigenvalue weighted by atomic mass is 35.5. The lowest BCUT2D eigenvalue weighted by Gasteiger charge is -2.17. The van der Waals surface area contributed by atoms with Gasteiger partial charge in [-0.1, -0.05) is 12.1 Å². The first-order valence-corrected chi connectivity index (χ1v) is 9.28. The van der Waals surface area contributed by atoms with E-state index in [-0.39, 0.29) is 13.2 Å². The molecule has 0 atom stereocenters. The van der Waals surface area contributed by atoms with Gasteiger partial charge in [0.25, 0.3) is 0 Å². The highest BCUT2D eigenvalue weighted by Gasteiger charge is 2.26. The van der Waals surface area contributed by atoms with Crippen molar-refractivity contribution in [2.45, 2.75) is 39.5 Å². The summed E-state index contributed by atoms with van der Waals surface area (Å²) < 4.78 is 10.3. The van der Waals surface area contributed by atoms with Crippen LogP contribution in [0.3, 0.4) is 0 Å². The van der Waals surface area contributed by atoms with Crippen LogP contribution in [-0.2, 0) is 22.3 Å². The first kappa shape index (κ1) is 20.8. The topological polar surface area (TPSA) is 52.6 Å². The fourth-order valence-electron chi connectivity index (χ4n) is 2.49. The molecule has 1 aromatic carbocycles. The van der Waals surface area contributed by atoms with E-state index in [1.165, 1.54) is 0 Å². The lowest BCUT2D eigenvalue weighted by atomic mass is 9.91. The van der Waals surface area contributed by atoms with Crippen molar-refractivity contribution >= 4 is 35.1 Å². The number of hydrogen-bond donors (Lipinski definition) is 0. The molecule has 0 N–H and O–H groups in total. The molecular formula is C18H24Cl2O4. The summed E-state index contributed by atoms with van der Waals surface area (Å²) in [4.78, 5) is 25.0. The van der Waals surface area contributed by atoms with E-state index in [2.05, 4.69) is 0 Å². The summed E-state index contributed by atoms with van der Waals surface area (Å²) >= 11 is 11.5. The number of aryl methyl sites for hydroxylation is 2. The molecule has 24 heavy (non-hydrogen) atoms. The van der Waals surface area contributed by atoms with Gasteiger partial charge < -0.3 is 9.47 Å². The van der Waals surface area contributed by atoms with E-state index in [1.807, 2.05) is 12.1 Å². The van der Waals surface area contributed by atoms with E-state index in [1.54, 1.807) is 13.8 Å². The molecule has 4 nitrogen and oxygen atoms in total. The number of halogens is 2. The van der Waals surface area contributed by atoms with E-state index in [0.717, 1.165) is 11.1 Å². The Morgan fingerprint density at radius 1 is 0.833 bits per heavy atom. The molecule has 0 saturated carbocycles. The number of ether oxygens (including phenoxy) is 2. The summed E-state index contributed by atoms with van der Waals surface area (Å²) in [6.07, 6.45) is 2.61. The Kier molecular flexibility index (Phi) is 9.80. The summed E-state index contributed by atoms with van der Waals surface area (Å²) in [5, 5.41) is 0. The van der Waals surface area contributed by atoms with Gasteiger partial charge in [0.05, 0.1) is 24.3 Å². The van der Waals surface area contributed by atoms with Crippen molar-refractivity contribution in [1.82, 2.24) is 0 Å². The van der Waals surface area contributed by atoms with Crippen LogP contribution in [0.25, 0.3) is 0 Å². The highest BCUT2D eigenvalue weighted by molar-refractivity contribution is 6.18. The first-order valence-electron chi connectivity index (χ1n) is 8.21. The SMILES string of the molecule is CCOC(=O)c1c(CCCCl)ccc(CCCCl)c1C(=O)OCC. The molecule has 0 aliphatic rings. The third-order valence-corrected chi connectivity index (χ3v) is 4.03. The molecule has 0 radical (unpaired) electrons. The Hall–Kier alpha value is -1.26. The number of esters is 2. The van der Waals surface area contributed by atoms with Crippen molar-refractivity contribution in [1.29, 1.82) is 0 Å². The maximum Gasteiger partial charge on any atom is 0.339 e. The number of hydrogen-bond acceptors (Lipinski definition) is 4. The van der Waals surface area contributed by atoms with Gasteiger partial charge in [0.1, 0.15) is 0 Å². The van der Waals surface area contributed by atoms with Crippen LogP contribution in [0, 0.1) is 0 Å². The summed E-state index contributed by atoms with van der Waals surface area (Å²) in [5.74, 6) is -0.0496. The number of carbonyl (C=O) groups is 2. The molecule has 0 spiro atoms. The van der Waals surface area contributed by atoms with Gasteiger partial charge in [-0.2, -0.15) is 0 Å². The van der Waals surface area contributed by atoms with Crippen LogP contribution in [0.4, 0.5) is 0 Å². The lowest BCUT2D eigenvalue weighted by Crippen LogP contribution is -2.19. The molecule has 0 aliphatic carbocycles. The van der Waals surface area contributed by atoms with E-state index in [9.17, 15) is 9.59 Å². The van der Waals surface area contributed by atoms with E-state index >= 15 is 0 Å². The van der Waals surface area contributed by atoms with Crippen LogP contribution < -0.4 is 0 Å². The molecule has 1 aromatic rings. The minimum Gasteiger partial charge on any atom is -0.462 e. The normalized spacial score (nSPS) is 10.5. The molecule has 0 saturated heterocycles. The average Bonchev–Trinajstić information content (AvgIpc) is 2.58. The molecule has 134 valence electrons. The molecule has 0 heterocycles. The van der Waals surface area contributed by atoms with Crippen LogP contribution in [0.2, 0.25) is 0 Å². The van der Waals surface area contributed by atoms with Crippen molar-refractivity contribution in [3.05, 3.63) is 34.4 Å².